The zero-order chi connectivity index (χ0) is 20.1. The third-order valence-electron chi connectivity index (χ3n) is 4.96. The van der Waals surface area contributed by atoms with E-state index in [1.54, 1.807) is 6.20 Å². The van der Waals surface area contributed by atoms with Crippen LogP contribution in [0.25, 0.3) is 0 Å². The fourth-order valence-electron chi connectivity index (χ4n) is 2.94. The van der Waals surface area contributed by atoms with Gasteiger partial charge in [0, 0.05) is 6.20 Å². The molecule has 1 rings (SSSR count). The molecule has 1 heterocycles. The Morgan fingerprint density at radius 2 is 1.85 bits per heavy atom. The Kier molecular flexibility index (Phi) is 11.4. The highest BCUT2D eigenvalue weighted by Crippen LogP contribution is 2.20. The Bertz CT molecular complexity index is 547. The van der Waals surface area contributed by atoms with Crippen molar-refractivity contribution >= 4 is 11.9 Å². The molecule has 0 bridgehead atoms. The molecule has 1 aromatic heterocycles. The highest BCUT2D eigenvalue weighted by Gasteiger charge is 2.26. The smallest absolute Gasteiger partial charge is 0.309 e. The number of rotatable bonds is 13. The van der Waals surface area contributed by atoms with Gasteiger partial charge in [-0.3, -0.25) is 14.6 Å². The maximum Gasteiger partial charge on any atom is 0.309 e. The minimum absolute atomic E-state index is 0.157. The van der Waals surface area contributed by atoms with Crippen molar-refractivity contribution in [1.82, 2.24) is 4.98 Å². The summed E-state index contributed by atoms with van der Waals surface area (Å²) >= 11 is 0. The summed E-state index contributed by atoms with van der Waals surface area (Å²) in [6.45, 7) is 8.68. The quantitative estimate of drug-likeness (QED) is 0.456. The molecule has 0 aliphatic carbocycles. The second kappa shape index (κ2) is 13.3. The molecule has 0 aliphatic rings. The predicted molar refractivity (Wildman–Crippen MR) is 106 cm³/mol. The van der Waals surface area contributed by atoms with Crippen molar-refractivity contribution in [3.05, 3.63) is 30.1 Å². The average molecular weight is 378 g/mol. The van der Waals surface area contributed by atoms with Crippen LogP contribution in [0.5, 0.6) is 0 Å². The van der Waals surface area contributed by atoms with Crippen molar-refractivity contribution in [3.8, 4) is 0 Å². The third kappa shape index (κ3) is 9.03. The molecule has 5 nitrogen and oxygen atoms in total. The second-order valence-corrected chi connectivity index (χ2v) is 7.22. The van der Waals surface area contributed by atoms with Gasteiger partial charge in [-0.05, 0) is 37.3 Å². The first-order valence-electron chi connectivity index (χ1n) is 10.2. The Labute approximate surface area is 163 Å². The molecule has 3 unspecified atom stereocenters. The van der Waals surface area contributed by atoms with Crippen molar-refractivity contribution in [2.24, 2.45) is 17.8 Å². The number of ether oxygens (including phenoxy) is 2. The van der Waals surface area contributed by atoms with Gasteiger partial charge >= 0.3 is 11.9 Å². The van der Waals surface area contributed by atoms with Crippen LogP contribution in [-0.4, -0.2) is 23.5 Å². The molecule has 0 N–H and O–H groups in total. The minimum Gasteiger partial charge on any atom is -0.465 e. The first-order valence-corrected chi connectivity index (χ1v) is 10.2. The number of carbonyl (C=O) groups excluding carboxylic acids is 2. The van der Waals surface area contributed by atoms with Crippen molar-refractivity contribution in [2.45, 2.75) is 72.8 Å². The van der Waals surface area contributed by atoms with Crippen LogP contribution in [-0.2, 0) is 25.7 Å². The van der Waals surface area contributed by atoms with E-state index in [1.807, 2.05) is 32.0 Å². The number of carbonyl (C=O) groups is 2. The van der Waals surface area contributed by atoms with Gasteiger partial charge in [0.1, 0.15) is 6.61 Å². The number of hydrogen-bond acceptors (Lipinski definition) is 5. The standard InChI is InChI=1S/C22H35NO4/c1-5-8-11-18(6-2)15-26-21(24)17(4)14-19(7-3)22(25)27-16-20-12-9-10-13-23-20/h9-10,12-13,17-19H,5-8,11,14-16H2,1-4H3. The minimum atomic E-state index is -0.318. The van der Waals surface area contributed by atoms with Gasteiger partial charge in [-0.2, -0.15) is 0 Å². The molecule has 27 heavy (non-hydrogen) atoms. The maximum absolute atomic E-state index is 12.3. The van der Waals surface area contributed by atoms with Crippen molar-refractivity contribution in [1.29, 1.82) is 0 Å². The molecule has 0 radical (unpaired) electrons. The summed E-state index contributed by atoms with van der Waals surface area (Å²) in [6.07, 6.45) is 7.16. The topological polar surface area (TPSA) is 65.5 Å². The van der Waals surface area contributed by atoms with Crippen molar-refractivity contribution in [3.63, 3.8) is 0 Å². The van der Waals surface area contributed by atoms with Gasteiger partial charge in [-0.15, -0.1) is 0 Å². The van der Waals surface area contributed by atoms with E-state index in [9.17, 15) is 9.59 Å². The Morgan fingerprint density at radius 1 is 1.07 bits per heavy atom. The van der Waals surface area contributed by atoms with Gasteiger partial charge in [0.05, 0.1) is 24.1 Å². The van der Waals surface area contributed by atoms with Crippen molar-refractivity contribution in [2.75, 3.05) is 6.61 Å². The lowest BCUT2D eigenvalue weighted by Crippen LogP contribution is -2.25. The predicted octanol–water partition coefficient (Wildman–Crippen LogP) is 4.94. The largest absolute Gasteiger partial charge is 0.465 e. The molecule has 0 spiro atoms. The molecule has 0 fully saturated rings. The molecule has 5 heteroatoms. The summed E-state index contributed by atoms with van der Waals surface area (Å²) in [5.74, 6) is -0.705. The van der Waals surface area contributed by atoms with E-state index in [1.165, 1.54) is 0 Å². The van der Waals surface area contributed by atoms with Crippen molar-refractivity contribution < 1.29 is 19.1 Å². The average Bonchev–Trinajstić information content (AvgIpc) is 2.70. The number of hydrogen-bond donors (Lipinski definition) is 0. The molecule has 0 aliphatic heterocycles. The zero-order valence-electron chi connectivity index (χ0n) is 17.3. The number of pyridine rings is 1. The van der Waals surface area contributed by atoms with Crippen LogP contribution in [0.15, 0.2) is 24.4 Å². The molecule has 152 valence electrons. The lowest BCUT2D eigenvalue weighted by atomic mass is 9.93. The summed E-state index contributed by atoms with van der Waals surface area (Å²) in [5, 5.41) is 0. The van der Waals surface area contributed by atoms with Gasteiger partial charge in [0.2, 0.25) is 0 Å². The van der Waals surface area contributed by atoms with Crippen LogP contribution in [0.1, 0.15) is 71.9 Å². The van der Waals surface area contributed by atoms with Gasteiger partial charge in [0.25, 0.3) is 0 Å². The Hall–Kier alpha value is -1.91. The van der Waals surface area contributed by atoms with Crippen LogP contribution in [0.3, 0.4) is 0 Å². The molecule has 3 atom stereocenters. The molecule has 0 amide bonds. The summed E-state index contributed by atoms with van der Waals surface area (Å²) < 4.78 is 10.9. The number of esters is 2. The van der Waals surface area contributed by atoms with E-state index in [0.29, 0.717) is 31.1 Å². The van der Waals surface area contributed by atoms with Gasteiger partial charge in [-0.1, -0.05) is 53.0 Å². The Balaban J connectivity index is 2.42. The van der Waals surface area contributed by atoms with E-state index < -0.39 is 0 Å². The number of nitrogens with zero attached hydrogens (tertiary/aromatic N) is 1. The second-order valence-electron chi connectivity index (χ2n) is 7.22. The fourth-order valence-corrected chi connectivity index (χ4v) is 2.94. The fraction of sp³-hybridized carbons (Fsp3) is 0.682. The van der Waals surface area contributed by atoms with Crippen LogP contribution < -0.4 is 0 Å². The molecule has 0 saturated heterocycles. The van der Waals surface area contributed by atoms with Crippen LogP contribution in [0, 0.1) is 17.8 Å². The normalized spacial score (nSPS) is 14.2. The van der Waals surface area contributed by atoms with Crippen LogP contribution in [0.4, 0.5) is 0 Å². The highest BCUT2D eigenvalue weighted by atomic mass is 16.5. The number of aromatic nitrogens is 1. The molecular weight excluding hydrogens is 342 g/mol. The Morgan fingerprint density at radius 3 is 2.44 bits per heavy atom. The van der Waals surface area contributed by atoms with Gasteiger partial charge in [0.15, 0.2) is 0 Å². The van der Waals surface area contributed by atoms with Crippen LogP contribution >= 0.6 is 0 Å². The number of unbranched alkanes of at least 4 members (excludes halogenated alkanes) is 1. The molecule has 1 aromatic rings. The van der Waals surface area contributed by atoms with Gasteiger partial charge < -0.3 is 9.47 Å². The van der Waals surface area contributed by atoms with E-state index >= 15 is 0 Å². The summed E-state index contributed by atoms with van der Waals surface area (Å²) in [7, 11) is 0. The van der Waals surface area contributed by atoms with Crippen LogP contribution in [0.2, 0.25) is 0 Å². The summed E-state index contributed by atoms with van der Waals surface area (Å²) in [5.41, 5.74) is 0.714. The van der Waals surface area contributed by atoms with E-state index in [-0.39, 0.29) is 30.4 Å². The van der Waals surface area contributed by atoms with E-state index in [0.717, 1.165) is 25.7 Å². The van der Waals surface area contributed by atoms with Gasteiger partial charge in [-0.25, -0.2) is 0 Å². The first-order chi connectivity index (χ1) is 13.0. The maximum atomic E-state index is 12.3. The first kappa shape index (κ1) is 23.1. The monoisotopic (exact) mass is 377 g/mol. The lowest BCUT2D eigenvalue weighted by molar-refractivity contribution is -0.154. The molecule has 0 saturated carbocycles. The lowest BCUT2D eigenvalue weighted by Gasteiger charge is -2.20. The zero-order valence-corrected chi connectivity index (χ0v) is 17.3. The summed E-state index contributed by atoms with van der Waals surface area (Å²) in [6, 6.07) is 5.49. The summed E-state index contributed by atoms with van der Waals surface area (Å²) in [4.78, 5) is 28.8. The van der Waals surface area contributed by atoms with E-state index in [4.69, 9.17) is 9.47 Å². The van der Waals surface area contributed by atoms with E-state index in [2.05, 4.69) is 18.8 Å². The molecular formula is C22H35NO4. The SMILES string of the molecule is CCCCC(CC)COC(=O)C(C)CC(CC)C(=O)OCc1ccccn1. The molecule has 0 aromatic carbocycles. The highest BCUT2D eigenvalue weighted by molar-refractivity contribution is 5.75. The third-order valence-corrected chi connectivity index (χ3v) is 4.96.